The molecule has 0 amide bonds. The maximum atomic E-state index is 9.22. The SMILES string of the molecule is CCN(CC)C(C#N)c1cncn1CC. The van der Waals surface area contributed by atoms with Crippen LogP contribution in [0.2, 0.25) is 0 Å². The molecule has 1 aromatic rings. The van der Waals surface area contributed by atoms with E-state index in [9.17, 15) is 5.26 Å². The van der Waals surface area contributed by atoms with Gasteiger partial charge in [0.1, 0.15) is 6.04 Å². The summed E-state index contributed by atoms with van der Waals surface area (Å²) in [6.07, 6.45) is 3.57. The number of aryl methyl sites for hydroxylation is 1. The first-order valence-corrected chi connectivity index (χ1v) is 5.42. The quantitative estimate of drug-likeness (QED) is 0.738. The standard InChI is InChI=1S/C11H18N4/c1-4-14(5-2)10(7-12)11-8-13-9-15(11)6-3/h8-10H,4-6H2,1-3H3. The fraction of sp³-hybridized carbons (Fsp3) is 0.636. The fourth-order valence-electron chi connectivity index (χ4n) is 1.75. The second kappa shape index (κ2) is 5.52. The van der Waals surface area contributed by atoms with Crippen molar-refractivity contribution >= 4 is 0 Å². The molecule has 0 N–H and O–H groups in total. The van der Waals surface area contributed by atoms with E-state index in [1.165, 1.54) is 0 Å². The van der Waals surface area contributed by atoms with E-state index in [1.807, 2.05) is 4.57 Å². The molecule has 1 rings (SSSR count). The van der Waals surface area contributed by atoms with Crippen molar-refractivity contribution in [2.24, 2.45) is 0 Å². The minimum atomic E-state index is -0.178. The third-order valence-electron chi connectivity index (χ3n) is 2.67. The van der Waals surface area contributed by atoms with Crippen LogP contribution in [0.4, 0.5) is 0 Å². The summed E-state index contributed by atoms with van der Waals surface area (Å²) in [5.41, 5.74) is 0.990. The van der Waals surface area contributed by atoms with Gasteiger partial charge in [0.05, 0.1) is 24.3 Å². The van der Waals surface area contributed by atoms with Crippen LogP contribution in [-0.4, -0.2) is 27.5 Å². The summed E-state index contributed by atoms with van der Waals surface area (Å²) in [4.78, 5) is 6.23. The second-order valence-electron chi connectivity index (χ2n) is 3.36. The Morgan fingerprint density at radius 3 is 2.60 bits per heavy atom. The molecule has 4 nitrogen and oxygen atoms in total. The number of rotatable bonds is 5. The third-order valence-corrected chi connectivity index (χ3v) is 2.67. The van der Waals surface area contributed by atoms with Crippen LogP contribution in [0.25, 0.3) is 0 Å². The summed E-state index contributed by atoms with van der Waals surface area (Å²) in [5, 5.41) is 9.22. The highest BCUT2D eigenvalue weighted by Crippen LogP contribution is 2.18. The van der Waals surface area contributed by atoms with Gasteiger partial charge in [0, 0.05) is 6.54 Å². The molecule has 0 aliphatic carbocycles. The number of hydrogen-bond acceptors (Lipinski definition) is 3. The Hall–Kier alpha value is -1.34. The highest BCUT2D eigenvalue weighted by atomic mass is 15.2. The maximum Gasteiger partial charge on any atom is 0.140 e. The molecule has 1 aromatic heterocycles. The van der Waals surface area contributed by atoms with E-state index >= 15 is 0 Å². The number of aromatic nitrogens is 2. The summed E-state index contributed by atoms with van der Waals surface area (Å²) in [5.74, 6) is 0. The highest BCUT2D eigenvalue weighted by molar-refractivity contribution is 5.14. The van der Waals surface area contributed by atoms with Gasteiger partial charge in [-0.15, -0.1) is 0 Å². The molecule has 0 aliphatic heterocycles. The van der Waals surface area contributed by atoms with E-state index in [2.05, 4.69) is 36.7 Å². The van der Waals surface area contributed by atoms with Crippen molar-refractivity contribution in [3.8, 4) is 6.07 Å². The van der Waals surface area contributed by atoms with E-state index in [0.717, 1.165) is 25.3 Å². The van der Waals surface area contributed by atoms with Crippen molar-refractivity contribution in [2.45, 2.75) is 33.4 Å². The Kier molecular flexibility index (Phi) is 4.32. The molecule has 0 radical (unpaired) electrons. The van der Waals surface area contributed by atoms with Crippen LogP contribution in [0, 0.1) is 11.3 Å². The lowest BCUT2D eigenvalue weighted by Crippen LogP contribution is -2.28. The lowest BCUT2D eigenvalue weighted by Gasteiger charge is -2.24. The van der Waals surface area contributed by atoms with Gasteiger partial charge in [-0.1, -0.05) is 13.8 Å². The molecule has 0 fully saturated rings. The van der Waals surface area contributed by atoms with Gasteiger partial charge in [-0.3, -0.25) is 4.90 Å². The minimum Gasteiger partial charge on any atom is -0.333 e. The van der Waals surface area contributed by atoms with Crippen molar-refractivity contribution < 1.29 is 0 Å². The Morgan fingerprint density at radius 2 is 2.13 bits per heavy atom. The van der Waals surface area contributed by atoms with E-state index in [0.29, 0.717) is 0 Å². The molecule has 0 spiro atoms. The normalized spacial score (nSPS) is 12.7. The number of imidazole rings is 1. The predicted molar refractivity (Wildman–Crippen MR) is 59.2 cm³/mol. The molecule has 1 unspecified atom stereocenters. The monoisotopic (exact) mass is 206 g/mol. The molecule has 0 aliphatic rings. The lowest BCUT2D eigenvalue weighted by atomic mass is 10.2. The molecule has 0 saturated heterocycles. The van der Waals surface area contributed by atoms with Gasteiger partial charge >= 0.3 is 0 Å². The summed E-state index contributed by atoms with van der Waals surface area (Å²) in [6.45, 7) is 8.81. The van der Waals surface area contributed by atoms with Crippen molar-refractivity contribution in [3.63, 3.8) is 0 Å². The van der Waals surface area contributed by atoms with Crippen molar-refractivity contribution in [1.29, 1.82) is 5.26 Å². The maximum absolute atomic E-state index is 9.22. The zero-order valence-corrected chi connectivity index (χ0v) is 9.64. The average molecular weight is 206 g/mol. The van der Waals surface area contributed by atoms with Crippen LogP contribution >= 0.6 is 0 Å². The zero-order chi connectivity index (χ0) is 11.3. The van der Waals surface area contributed by atoms with Crippen LogP contribution in [-0.2, 0) is 6.54 Å². The first-order chi connectivity index (χ1) is 7.28. The summed E-state index contributed by atoms with van der Waals surface area (Å²) in [6, 6.07) is 2.17. The molecule has 0 saturated carbocycles. The molecule has 1 heterocycles. The van der Waals surface area contributed by atoms with E-state index < -0.39 is 0 Å². The molecule has 0 bridgehead atoms. The Bertz CT molecular complexity index is 333. The van der Waals surface area contributed by atoms with Gasteiger partial charge in [-0.25, -0.2) is 4.98 Å². The van der Waals surface area contributed by atoms with Crippen LogP contribution in [0.5, 0.6) is 0 Å². The van der Waals surface area contributed by atoms with Crippen LogP contribution in [0.3, 0.4) is 0 Å². The van der Waals surface area contributed by atoms with Gasteiger partial charge in [0.25, 0.3) is 0 Å². The Labute approximate surface area is 91.1 Å². The largest absolute Gasteiger partial charge is 0.333 e. The predicted octanol–water partition coefficient (Wildman–Crippen LogP) is 1.81. The second-order valence-corrected chi connectivity index (χ2v) is 3.36. The van der Waals surface area contributed by atoms with E-state index in [4.69, 9.17) is 0 Å². The Morgan fingerprint density at radius 1 is 1.47 bits per heavy atom. The Balaban J connectivity index is 2.97. The third kappa shape index (κ3) is 2.37. The van der Waals surface area contributed by atoms with Gasteiger partial charge in [0.2, 0.25) is 0 Å². The molecule has 4 heteroatoms. The first kappa shape index (κ1) is 11.7. The van der Waals surface area contributed by atoms with Crippen molar-refractivity contribution in [3.05, 3.63) is 18.2 Å². The van der Waals surface area contributed by atoms with Crippen molar-refractivity contribution in [1.82, 2.24) is 14.5 Å². The number of hydrogen-bond donors (Lipinski definition) is 0. The molecule has 82 valence electrons. The zero-order valence-electron chi connectivity index (χ0n) is 9.64. The van der Waals surface area contributed by atoms with Gasteiger partial charge < -0.3 is 4.57 Å². The number of nitriles is 1. The molecule has 0 aromatic carbocycles. The molecule has 1 atom stereocenters. The lowest BCUT2D eigenvalue weighted by molar-refractivity contribution is 0.254. The van der Waals surface area contributed by atoms with Crippen LogP contribution in [0.15, 0.2) is 12.5 Å². The molecular weight excluding hydrogens is 188 g/mol. The van der Waals surface area contributed by atoms with Gasteiger partial charge in [-0.2, -0.15) is 5.26 Å². The molecule has 15 heavy (non-hydrogen) atoms. The van der Waals surface area contributed by atoms with Gasteiger partial charge in [-0.05, 0) is 20.0 Å². The summed E-state index contributed by atoms with van der Waals surface area (Å²) in [7, 11) is 0. The topological polar surface area (TPSA) is 44.9 Å². The van der Waals surface area contributed by atoms with Crippen LogP contribution in [0.1, 0.15) is 32.5 Å². The highest BCUT2D eigenvalue weighted by Gasteiger charge is 2.20. The van der Waals surface area contributed by atoms with E-state index in [1.54, 1.807) is 12.5 Å². The summed E-state index contributed by atoms with van der Waals surface area (Å²) < 4.78 is 2.02. The fourth-order valence-corrected chi connectivity index (χ4v) is 1.75. The summed E-state index contributed by atoms with van der Waals surface area (Å²) >= 11 is 0. The van der Waals surface area contributed by atoms with Gasteiger partial charge in [0.15, 0.2) is 0 Å². The van der Waals surface area contributed by atoms with Crippen molar-refractivity contribution in [2.75, 3.05) is 13.1 Å². The minimum absolute atomic E-state index is 0.178. The molecular formula is C11H18N4. The average Bonchev–Trinajstić information content (AvgIpc) is 2.73. The first-order valence-electron chi connectivity index (χ1n) is 5.42. The number of nitrogens with zero attached hydrogens (tertiary/aromatic N) is 4. The van der Waals surface area contributed by atoms with E-state index in [-0.39, 0.29) is 6.04 Å². The van der Waals surface area contributed by atoms with Crippen LogP contribution < -0.4 is 0 Å². The smallest absolute Gasteiger partial charge is 0.140 e.